The van der Waals surface area contributed by atoms with E-state index in [-0.39, 0.29) is 25.7 Å². The van der Waals surface area contributed by atoms with Crippen LogP contribution in [0.1, 0.15) is 440 Å². The molecule has 0 bridgehead atoms. The lowest BCUT2D eigenvalue weighted by atomic mass is 10.00. The van der Waals surface area contributed by atoms with E-state index in [1.165, 1.54) is 244 Å². The van der Waals surface area contributed by atoms with Gasteiger partial charge in [0.2, 0.25) is 0 Å². The summed E-state index contributed by atoms with van der Waals surface area (Å²) >= 11 is 0. The Bertz CT molecular complexity index is 1990. The number of carbonyl (C=O) groups excluding carboxylic acids is 4. The highest BCUT2D eigenvalue weighted by molar-refractivity contribution is 7.47. The van der Waals surface area contributed by atoms with Crippen LogP contribution >= 0.6 is 15.6 Å². The van der Waals surface area contributed by atoms with E-state index < -0.39 is 97.5 Å². The molecule has 0 aliphatic rings. The number of carbonyl (C=O) groups is 4. The van der Waals surface area contributed by atoms with Crippen LogP contribution in [-0.2, 0) is 65.4 Å². The first-order chi connectivity index (χ1) is 49.8. The standard InChI is InChI=1S/C84H164O17P2/c1-8-10-11-12-13-14-15-16-17-18-19-20-24-27-30-33-38-43-51-58-65-81(86)94-71-79(100-83(88)67-60-53-44-39-34-31-28-25-22-21-23-26-29-32-36-41-48-55-62-75(3)4)73-98-102(90,91)96-69-78(85)70-97-103(92,93)99-74-80(72-95-82(87)66-59-52-47-46-50-57-64-77(7)9-2)101-84(89)68-61-54-45-40-35-37-42-49-56-63-76(5)6/h75-80,85H,8-74H2,1-7H3,(H,90,91)(H,92,93)/t77?,78-,79-,80-/m1/s1. The molecule has 3 N–H and O–H groups in total. The SMILES string of the molecule is CCCCCCCCCCCCCCCCCCCCCCC(=O)OC[C@H](COP(=O)(O)OC[C@@H](O)COP(=O)(O)OC[C@@H](COC(=O)CCCCCCCCC(C)CC)OC(=O)CCCCCCCCCCCC(C)C)OC(=O)CCCCCCCCCCCCCCCCCCCCC(C)C. The molecule has 103 heavy (non-hydrogen) atoms. The highest BCUT2D eigenvalue weighted by Gasteiger charge is 2.30. The molecule has 0 aromatic heterocycles. The largest absolute Gasteiger partial charge is 0.472 e. The van der Waals surface area contributed by atoms with Gasteiger partial charge in [-0.3, -0.25) is 37.3 Å². The van der Waals surface area contributed by atoms with Gasteiger partial charge in [-0.2, -0.15) is 0 Å². The maximum absolute atomic E-state index is 13.1. The van der Waals surface area contributed by atoms with Gasteiger partial charge in [0.15, 0.2) is 12.2 Å². The minimum absolute atomic E-state index is 0.105. The van der Waals surface area contributed by atoms with Gasteiger partial charge < -0.3 is 33.8 Å². The monoisotopic (exact) mass is 1510 g/mol. The lowest BCUT2D eigenvalue weighted by Crippen LogP contribution is -2.30. The first kappa shape index (κ1) is 101. The zero-order valence-corrected chi connectivity index (χ0v) is 69.6. The average Bonchev–Trinajstić information content (AvgIpc) is 0.906. The topological polar surface area (TPSA) is 237 Å². The minimum Gasteiger partial charge on any atom is -0.462 e. The maximum Gasteiger partial charge on any atom is 0.472 e. The zero-order chi connectivity index (χ0) is 75.8. The van der Waals surface area contributed by atoms with Gasteiger partial charge in [0.25, 0.3) is 0 Å². The number of phosphoric ester groups is 2. The van der Waals surface area contributed by atoms with Gasteiger partial charge in [-0.15, -0.1) is 0 Å². The van der Waals surface area contributed by atoms with E-state index in [2.05, 4.69) is 48.5 Å². The van der Waals surface area contributed by atoms with E-state index >= 15 is 0 Å². The molecule has 19 heteroatoms. The number of aliphatic hydroxyl groups is 1. The molecule has 0 heterocycles. The number of aliphatic hydroxyl groups excluding tert-OH is 1. The van der Waals surface area contributed by atoms with E-state index in [0.29, 0.717) is 25.7 Å². The van der Waals surface area contributed by atoms with Crippen molar-refractivity contribution in [3.05, 3.63) is 0 Å². The number of esters is 4. The summed E-state index contributed by atoms with van der Waals surface area (Å²) in [6, 6.07) is 0. The van der Waals surface area contributed by atoms with Crippen LogP contribution < -0.4 is 0 Å². The van der Waals surface area contributed by atoms with Crippen LogP contribution in [0.25, 0.3) is 0 Å². The Morgan fingerprint density at radius 2 is 0.495 bits per heavy atom. The fourth-order valence-electron chi connectivity index (χ4n) is 13.0. The normalized spacial score (nSPS) is 14.2. The van der Waals surface area contributed by atoms with E-state index in [9.17, 15) is 43.2 Å². The molecule has 3 unspecified atom stereocenters. The molecule has 0 spiro atoms. The van der Waals surface area contributed by atoms with Gasteiger partial charge >= 0.3 is 39.5 Å². The van der Waals surface area contributed by atoms with E-state index in [0.717, 1.165) is 114 Å². The van der Waals surface area contributed by atoms with Crippen molar-refractivity contribution in [3.8, 4) is 0 Å². The van der Waals surface area contributed by atoms with Crippen LogP contribution in [0.15, 0.2) is 0 Å². The molecule has 0 aromatic rings. The Morgan fingerprint density at radius 1 is 0.282 bits per heavy atom. The highest BCUT2D eigenvalue weighted by atomic mass is 31.2. The Labute approximate surface area is 632 Å². The molecule has 0 aromatic carbocycles. The second-order valence-corrected chi connectivity index (χ2v) is 34.3. The first-order valence-electron chi connectivity index (χ1n) is 43.4. The van der Waals surface area contributed by atoms with Crippen molar-refractivity contribution in [1.29, 1.82) is 0 Å². The average molecular weight is 1510 g/mol. The van der Waals surface area contributed by atoms with Crippen molar-refractivity contribution in [2.75, 3.05) is 39.6 Å². The molecule has 0 aliphatic heterocycles. The molecule has 0 fully saturated rings. The Balaban J connectivity index is 5.21. The quantitative estimate of drug-likeness (QED) is 0.0222. The minimum atomic E-state index is -4.96. The summed E-state index contributed by atoms with van der Waals surface area (Å²) in [5, 5.41) is 10.7. The second-order valence-electron chi connectivity index (χ2n) is 31.4. The first-order valence-corrected chi connectivity index (χ1v) is 46.4. The third-order valence-electron chi connectivity index (χ3n) is 20.0. The predicted molar refractivity (Wildman–Crippen MR) is 423 cm³/mol. The van der Waals surface area contributed by atoms with Crippen molar-refractivity contribution in [2.45, 2.75) is 458 Å². The number of phosphoric acid groups is 2. The smallest absolute Gasteiger partial charge is 0.462 e. The number of rotatable bonds is 82. The summed E-state index contributed by atoms with van der Waals surface area (Å²) in [4.78, 5) is 73.1. The molecule has 612 valence electrons. The molecule has 0 amide bonds. The van der Waals surface area contributed by atoms with E-state index in [1.54, 1.807) is 0 Å². The van der Waals surface area contributed by atoms with Crippen LogP contribution in [0.3, 0.4) is 0 Å². The third kappa shape index (κ3) is 76.6. The molecule has 0 rings (SSSR count). The lowest BCUT2D eigenvalue weighted by Gasteiger charge is -2.21. The Kier molecular flexibility index (Phi) is 72.8. The molecular formula is C84H164O17P2. The van der Waals surface area contributed by atoms with Gasteiger partial charge in [-0.1, -0.05) is 389 Å². The second kappa shape index (κ2) is 74.2. The van der Waals surface area contributed by atoms with Gasteiger partial charge in [-0.05, 0) is 43.4 Å². The number of ether oxygens (including phenoxy) is 4. The van der Waals surface area contributed by atoms with Crippen LogP contribution in [-0.4, -0.2) is 96.7 Å². The summed E-state index contributed by atoms with van der Waals surface area (Å²) in [5.74, 6) is 0.177. The summed E-state index contributed by atoms with van der Waals surface area (Å²) in [5.41, 5.74) is 0. The van der Waals surface area contributed by atoms with Crippen molar-refractivity contribution < 1.29 is 80.2 Å². The van der Waals surface area contributed by atoms with Crippen LogP contribution in [0.4, 0.5) is 0 Å². The summed E-state index contributed by atoms with van der Waals surface area (Å²) < 4.78 is 68.8. The van der Waals surface area contributed by atoms with Gasteiger partial charge in [-0.25, -0.2) is 9.13 Å². The molecule has 0 saturated heterocycles. The molecule has 6 atom stereocenters. The maximum atomic E-state index is 13.1. The fourth-order valence-corrected chi connectivity index (χ4v) is 14.6. The summed E-state index contributed by atoms with van der Waals surface area (Å²) in [6.45, 7) is 11.9. The molecular weight excluding hydrogens is 1340 g/mol. The molecule has 0 saturated carbocycles. The Morgan fingerprint density at radius 3 is 0.738 bits per heavy atom. The zero-order valence-electron chi connectivity index (χ0n) is 67.8. The molecule has 0 aliphatic carbocycles. The predicted octanol–water partition coefficient (Wildman–Crippen LogP) is 25.3. The molecule has 17 nitrogen and oxygen atoms in total. The summed E-state index contributed by atoms with van der Waals surface area (Å²) in [7, 11) is -9.92. The van der Waals surface area contributed by atoms with Crippen molar-refractivity contribution in [2.24, 2.45) is 17.8 Å². The number of hydrogen-bond donors (Lipinski definition) is 3. The fraction of sp³-hybridized carbons (Fsp3) is 0.952. The molecule has 0 radical (unpaired) electrons. The van der Waals surface area contributed by atoms with E-state index in [1.807, 2.05) is 0 Å². The van der Waals surface area contributed by atoms with Crippen LogP contribution in [0, 0.1) is 17.8 Å². The van der Waals surface area contributed by atoms with Crippen LogP contribution in [0.2, 0.25) is 0 Å². The number of unbranched alkanes of at least 4 members (excludes halogenated alkanes) is 49. The van der Waals surface area contributed by atoms with Gasteiger partial charge in [0, 0.05) is 25.7 Å². The van der Waals surface area contributed by atoms with E-state index in [4.69, 9.17) is 37.0 Å². The third-order valence-corrected chi connectivity index (χ3v) is 21.9. The van der Waals surface area contributed by atoms with Crippen molar-refractivity contribution in [1.82, 2.24) is 0 Å². The van der Waals surface area contributed by atoms with Crippen LogP contribution in [0.5, 0.6) is 0 Å². The van der Waals surface area contributed by atoms with Gasteiger partial charge in [0.1, 0.15) is 19.3 Å². The van der Waals surface area contributed by atoms with Crippen molar-refractivity contribution >= 4 is 39.5 Å². The lowest BCUT2D eigenvalue weighted by molar-refractivity contribution is -0.161. The Hall–Kier alpha value is -1.94. The summed E-state index contributed by atoms with van der Waals surface area (Å²) in [6.07, 6.45) is 64.1. The number of hydrogen-bond acceptors (Lipinski definition) is 15. The highest BCUT2D eigenvalue weighted by Crippen LogP contribution is 2.45. The van der Waals surface area contributed by atoms with Crippen molar-refractivity contribution in [3.63, 3.8) is 0 Å². The van der Waals surface area contributed by atoms with Gasteiger partial charge in [0.05, 0.1) is 26.4 Å².